The van der Waals surface area contributed by atoms with Gasteiger partial charge in [-0.1, -0.05) is 42.0 Å². The van der Waals surface area contributed by atoms with E-state index in [0.29, 0.717) is 23.5 Å². The molecule has 9 heteroatoms. The summed E-state index contributed by atoms with van der Waals surface area (Å²) in [6, 6.07) is 14.3. The van der Waals surface area contributed by atoms with Gasteiger partial charge in [-0.15, -0.1) is 0 Å². The lowest BCUT2D eigenvalue weighted by Gasteiger charge is -2.15. The van der Waals surface area contributed by atoms with E-state index in [1.807, 2.05) is 42.8 Å². The first-order chi connectivity index (χ1) is 15.6. The van der Waals surface area contributed by atoms with Gasteiger partial charge in [0.2, 0.25) is 0 Å². The average molecular weight is 463 g/mol. The normalized spacial score (nSPS) is 11.8. The minimum absolute atomic E-state index is 0.279. The van der Waals surface area contributed by atoms with Gasteiger partial charge >= 0.3 is 12.3 Å². The summed E-state index contributed by atoms with van der Waals surface area (Å²) in [5.41, 5.74) is 4.96. The van der Waals surface area contributed by atoms with Crippen LogP contribution in [0.4, 0.5) is 23.2 Å². The van der Waals surface area contributed by atoms with Gasteiger partial charge in [-0.2, -0.15) is 13.9 Å². The molecule has 0 unspecified atom stereocenters. The Morgan fingerprint density at radius 1 is 1.09 bits per heavy atom. The second-order valence-electron chi connectivity index (χ2n) is 7.90. The maximum Gasteiger partial charge on any atom is 0.330 e. The molecule has 33 heavy (non-hydrogen) atoms. The van der Waals surface area contributed by atoms with E-state index < -0.39 is 24.9 Å². The van der Waals surface area contributed by atoms with Gasteiger partial charge in [-0.3, -0.25) is 9.48 Å². The van der Waals surface area contributed by atoms with E-state index in [9.17, 15) is 22.4 Å². The third-order valence-corrected chi connectivity index (χ3v) is 5.14. The number of carbonyl (C=O) groups is 1. The molecular formula is C24H25F4N3O2. The molecule has 0 bridgehead atoms. The molecule has 176 valence electrons. The topological polar surface area (TPSA) is 56.2 Å². The van der Waals surface area contributed by atoms with Gasteiger partial charge in [0.05, 0.1) is 30.2 Å². The summed E-state index contributed by atoms with van der Waals surface area (Å²) in [6.45, 7) is 4.49. The molecule has 3 aromatic rings. The summed E-state index contributed by atoms with van der Waals surface area (Å²) in [6.07, 6.45) is -3.80. The maximum absolute atomic E-state index is 13.0. The molecular weight excluding hydrogens is 438 g/mol. The largest absolute Gasteiger partial charge is 0.370 e. The minimum Gasteiger partial charge on any atom is -0.370 e. The SMILES string of the molecule is Cc1ccc(Cn2nc(C)c(NC(=O)c3cccc(COCC(F)(F)C(F)F)c3)c2C)cc1. The van der Waals surface area contributed by atoms with E-state index in [1.54, 1.807) is 25.1 Å². The molecule has 0 fully saturated rings. The van der Waals surface area contributed by atoms with Crippen molar-refractivity contribution in [3.8, 4) is 0 Å². The molecule has 0 aliphatic carbocycles. The maximum atomic E-state index is 13.0. The fourth-order valence-corrected chi connectivity index (χ4v) is 3.25. The summed E-state index contributed by atoms with van der Waals surface area (Å²) in [7, 11) is 0. The number of aromatic nitrogens is 2. The number of hydrogen-bond acceptors (Lipinski definition) is 3. The number of nitrogens with one attached hydrogen (secondary N) is 1. The molecule has 0 radical (unpaired) electrons. The predicted molar refractivity (Wildman–Crippen MR) is 117 cm³/mol. The Labute approximate surface area is 189 Å². The summed E-state index contributed by atoms with van der Waals surface area (Å²) in [4.78, 5) is 12.8. The van der Waals surface area contributed by atoms with Crippen molar-refractivity contribution in [3.05, 3.63) is 82.2 Å². The minimum atomic E-state index is -4.22. The van der Waals surface area contributed by atoms with E-state index in [1.165, 1.54) is 6.07 Å². The fourth-order valence-electron chi connectivity index (χ4n) is 3.25. The molecule has 3 rings (SSSR count). The number of carbonyl (C=O) groups excluding carboxylic acids is 1. The summed E-state index contributed by atoms with van der Waals surface area (Å²) >= 11 is 0. The van der Waals surface area contributed by atoms with Gasteiger partial charge in [0.1, 0.15) is 6.61 Å². The molecule has 0 aliphatic heterocycles. The highest BCUT2D eigenvalue weighted by molar-refractivity contribution is 6.05. The molecule has 0 aliphatic rings. The van der Waals surface area contributed by atoms with Crippen LogP contribution < -0.4 is 5.32 Å². The molecule has 0 spiro atoms. The Balaban J connectivity index is 1.67. The number of alkyl halides is 4. The van der Waals surface area contributed by atoms with Gasteiger partial charge in [0.25, 0.3) is 5.91 Å². The second kappa shape index (κ2) is 10.2. The highest BCUT2D eigenvalue weighted by atomic mass is 19.3. The monoisotopic (exact) mass is 463 g/mol. The molecule has 0 saturated heterocycles. The Bertz CT molecular complexity index is 1110. The van der Waals surface area contributed by atoms with Crippen LogP contribution >= 0.6 is 0 Å². The summed E-state index contributed by atoms with van der Waals surface area (Å²) in [5.74, 6) is -4.63. The van der Waals surface area contributed by atoms with Crippen LogP contribution in [0.15, 0.2) is 48.5 Å². The molecule has 1 aromatic heterocycles. The van der Waals surface area contributed by atoms with Gasteiger partial charge in [-0.25, -0.2) is 8.78 Å². The van der Waals surface area contributed by atoms with Crippen LogP contribution in [-0.2, 0) is 17.9 Å². The van der Waals surface area contributed by atoms with Gasteiger partial charge in [0, 0.05) is 5.56 Å². The lowest BCUT2D eigenvalue weighted by atomic mass is 10.1. The number of halogens is 4. The van der Waals surface area contributed by atoms with Crippen molar-refractivity contribution < 1.29 is 27.1 Å². The molecule has 0 atom stereocenters. The third kappa shape index (κ3) is 6.19. The number of anilines is 1. The van der Waals surface area contributed by atoms with Crippen LogP contribution in [0.2, 0.25) is 0 Å². The summed E-state index contributed by atoms with van der Waals surface area (Å²) in [5, 5.41) is 7.37. The number of benzene rings is 2. The predicted octanol–water partition coefficient (Wildman–Crippen LogP) is 5.53. The first-order valence-electron chi connectivity index (χ1n) is 10.3. The highest BCUT2D eigenvalue weighted by Crippen LogP contribution is 2.24. The smallest absolute Gasteiger partial charge is 0.330 e. The molecule has 5 nitrogen and oxygen atoms in total. The summed E-state index contributed by atoms with van der Waals surface area (Å²) < 4.78 is 57.0. The van der Waals surface area contributed by atoms with Crippen molar-refractivity contribution in [1.82, 2.24) is 9.78 Å². The molecule has 1 amide bonds. The number of hydrogen-bond donors (Lipinski definition) is 1. The lowest BCUT2D eigenvalue weighted by molar-refractivity contribution is -0.168. The molecule has 0 saturated carbocycles. The Hall–Kier alpha value is -3.20. The van der Waals surface area contributed by atoms with Crippen molar-refractivity contribution in [2.45, 2.75) is 46.3 Å². The van der Waals surface area contributed by atoms with Crippen molar-refractivity contribution in [3.63, 3.8) is 0 Å². The van der Waals surface area contributed by atoms with Crippen molar-refractivity contribution in [2.75, 3.05) is 11.9 Å². The zero-order valence-electron chi connectivity index (χ0n) is 18.5. The van der Waals surface area contributed by atoms with E-state index in [0.717, 1.165) is 16.8 Å². The number of nitrogens with zero attached hydrogens (tertiary/aromatic N) is 2. The van der Waals surface area contributed by atoms with E-state index in [-0.39, 0.29) is 12.2 Å². The lowest BCUT2D eigenvalue weighted by Crippen LogP contribution is -2.32. The van der Waals surface area contributed by atoms with Crippen LogP contribution in [0.25, 0.3) is 0 Å². The zero-order valence-corrected chi connectivity index (χ0v) is 18.5. The number of ether oxygens (including phenoxy) is 1. The van der Waals surface area contributed by atoms with Gasteiger partial charge < -0.3 is 10.1 Å². The van der Waals surface area contributed by atoms with Crippen LogP contribution in [0.1, 0.15) is 38.4 Å². The van der Waals surface area contributed by atoms with E-state index in [4.69, 9.17) is 4.74 Å². The zero-order chi connectivity index (χ0) is 24.2. The number of amides is 1. The van der Waals surface area contributed by atoms with Crippen LogP contribution in [0.5, 0.6) is 0 Å². The number of rotatable bonds is 9. The Morgan fingerprint density at radius 3 is 2.45 bits per heavy atom. The quantitative estimate of drug-likeness (QED) is 0.425. The molecule has 1 N–H and O–H groups in total. The van der Waals surface area contributed by atoms with Crippen LogP contribution in [-0.4, -0.2) is 34.6 Å². The average Bonchev–Trinajstić information content (AvgIpc) is 3.02. The van der Waals surface area contributed by atoms with Crippen molar-refractivity contribution in [2.24, 2.45) is 0 Å². The highest BCUT2D eigenvalue weighted by Gasteiger charge is 2.40. The van der Waals surface area contributed by atoms with E-state index in [2.05, 4.69) is 10.4 Å². The molecule has 1 heterocycles. The first-order valence-corrected chi connectivity index (χ1v) is 10.3. The Kier molecular flexibility index (Phi) is 7.53. The van der Waals surface area contributed by atoms with Crippen LogP contribution in [0.3, 0.4) is 0 Å². The number of aryl methyl sites for hydroxylation is 2. The second-order valence-corrected chi connectivity index (χ2v) is 7.90. The van der Waals surface area contributed by atoms with E-state index >= 15 is 0 Å². The Morgan fingerprint density at radius 2 is 1.79 bits per heavy atom. The standard InChI is InChI=1S/C24H25F4N3O2/c1-15-7-9-18(10-8-15)12-31-17(3)21(16(2)30-31)29-22(32)20-6-4-5-19(11-20)13-33-14-24(27,28)23(25)26/h4-11,23H,12-14H2,1-3H3,(H,29,32). The molecule has 2 aromatic carbocycles. The van der Waals surface area contributed by atoms with Gasteiger partial charge in [0.15, 0.2) is 0 Å². The van der Waals surface area contributed by atoms with Gasteiger partial charge in [-0.05, 0) is 44.0 Å². The first kappa shape index (κ1) is 24.4. The van der Waals surface area contributed by atoms with Crippen molar-refractivity contribution >= 4 is 11.6 Å². The van der Waals surface area contributed by atoms with Crippen molar-refractivity contribution in [1.29, 1.82) is 0 Å². The fraction of sp³-hybridized carbons (Fsp3) is 0.333. The van der Waals surface area contributed by atoms with Crippen LogP contribution in [0, 0.1) is 20.8 Å². The third-order valence-electron chi connectivity index (χ3n) is 5.14.